The van der Waals surface area contributed by atoms with E-state index in [1.807, 2.05) is 13.8 Å². The molecule has 1 aliphatic heterocycles. The molecule has 0 radical (unpaired) electrons. The third-order valence-electron chi connectivity index (χ3n) is 4.36. The molecule has 1 N–H and O–H groups in total. The highest BCUT2D eigenvalue weighted by Crippen LogP contribution is 2.26. The van der Waals surface area contributed by atoms with Crippen molar-refractivity contribution >= 4 is 5.97 Å². The third kappa shape index (κ3) is 4.60. The molecular formula is C15H29NO2. The van der Waals surface area contributed by atoms with Gasteiger partial charge in [0.05, 0.1) is 5.41 Å². The van der Waals surface area contributed by atoms with Crippen LogP contribution in [0.1, 0.15) is 53.4 Å². The molecule has 0 aromatic carbocycles. The molecule has 0 saturated carbocycles. The summed E-state index contributed by atoms with van der Waals surface area (Å²) >= 11 is 0. The van der Waals surface area contributed by atoms with E-state index in [1.54, 1.807) is 0 Å². The van der Waals surface area contributed by atoms with E-state index in [4.69, 9.17) is 5.11 Å². The van der Waals surface area contributed by atoms with Crippen LogP contribution in [-0.2, 0) is 4.79 Å². The van der Waals surface area contributed by atoms with Crippen LogP contribution in [0.25, 0.3) is 0 Å². The third-order valence-corrected chi connectivity index (χ3v) is 4.36. The Morgan fingerprint density at radius 3 is 2.56 bits per heavy atom. The molecule has 0 amide bonds. The minimum absolute atomic E-state index is 0.564. The number of hydrogen-bond acceptors (Lipinski definition) is 2. The smallest absolute Gasteiger partial charge is 0.309 e. The first-order valence-electron chi connectivity index (χ1n) is 7.28. The first-order valence-corrected chi connectivity index (χ1v) is 7.28. The Morgan fingerprint density at radius 1 is 1.39 bits per heavy atom. The second-order valence-corrected chi connectivity index (χ2v) is 6.74. The van der Waals surface area contributed by atoms with Crippen molar-refractivity contribution in [2.75, 3.05) is 19.6 Å². The zero-order valence-electron chi connectivity index (χ0n) is 12.4. The molecule has 3 nitrogen and oxygen atoms in total. The highest BCUT2D eigenvalue weighted by atomic mass is 16.4. The summed E-state index contributed by atoms with van der Waals surface area (Å²) in [6, 6.07) is 0. The summed E-state index contributed by atoms with van der Waals surface area (Å²) in [5.41, 5.74) is -0.564. The van der Waals surface area contributed by atoms with Crippen molar-refractivity contribution in [1.29, 1.82) is 0 Å². The number of aliphatic carboxylic acids is 1. The molecule has 0 aliphatic carbocycles. The van der Waals surface area contributed by atoms with E-state index in [1.165, 1.54) is 19.5 Å². The van der Waals surface area contributed by atoms with Crippen LogP contribution in [0.2, 0.25) is 0 Å². The lowest BCUT2D eigenvalue weighted by Gasteiger charge is -2.20. The van der Waals surface area contributed by atoms with E-state index in [-0.39, 0.29) is 0 Å². The maximum atomic E-state index is 11.0. The topological polar surface area (TPSA) is 40.5 Å². The molecule has 1 heterocycles. The van der Waals surface area contributed by atoms with Gasteiger partial charge in [0.25, 0.3) is 0 Å². The fraction of sp³-hybridized carbons (Fsp3) is 0.933. The van der Waals surface area contributed by atoms with Gasteiger partial charge in [-0.15, -0.1) is 0 Å². The average Bonchev–Trinajstić information content (AvgIpc) is 2.73. The molecule has 18 heavy (non-hydrogen) atoms. The van der Waals surface area contributed by atoms with Crippen molar-refractivity contribution in [2.24, 2.45) is 17.3 Å². The van der Waals surface area contributed by atoms with Gasteiger partial charge in [-0.1, -0.05) is 20.3 Å². The number of rotatable bonds is 7. The van der Waals surface area contributed by atoms with Crippen molar-refractivity contribution in [3.63, 3.8) is 0 Å². The molecule has 106 valence electrons. The zero-order valence-corrected chi connectivity index (χ0v) is 12.4. The van der Waals surface area contributed by atoms with Gasteiger partial charge in [0.2, 0.25) is 0 Å². The van der Waals surface area contributed by atoms with Crippen LogP contribution in [0.15, 0.2) is 0 Å². The Morgan fingerprint density at radius 2 is 2.06 bits per heavy atom. The van der Waals surface area contributed by atoms with E-state index in [2.05, 4.69) is 18.7 Å². The van der Waals surface area contributed by atoms with E-state index >= 15 is 0 Å². The van der Waals surface area contributed by atoms with Crippen LogP contribution in [0.3, 0.4) is 0 Å². The predicted molar refractivity (Wildman–Crippen MR) is 74.7 cm³/mol. The van der Waals surface area contributed by atoms with Gasteiger partial charge in [-0.2, -0.15) is 0 Å². The highest BCUT2D eigenvalue weighted by molar-refractivity contribution is 5.73. The Kier molecular flexibility index (Phi) is 5.64. The molecule has 1 rings (SSSR count). The maximum Gasteiger partial charge on any atom is 0.309 e. The SMILES string of the molecule is CC(C)C1CCN(CCCCC(C)(C)C(=O)O)C1. The van der Waals surface area contributed by atoms with E-state index in [9.17, 15) is 4.79 Å². The van der Waals surface area contributed by atoms with E-state index in [0.717, 1.165) is 37.6 Å². The van der Waals surface area contributed by atoms with Crippen LogP contribution < -0.4 is 0 Å². The minimum atomic E-state index is -0.677. The summed E-state index contributed by atoms with van der Waals surface area (Å²) in [4.78, 5) is 13.5. The molecule has 1 atom stereocenters. The van der Waals surface area contributed by atoms with Gasteiger partial charge in [-0.25, -0.2) is 0 Å². The van der Waals surface area contributed by atoms with Crippen LogP contribution >= 0.6 is 0 Å². The van der Waals surface area contributed by atoms with Gasteiger partial charge in [-0.3, -0.25) is 4.79 Å². The van der Waals surface area contributed by atoms with Crippen LogP contribution in [0, 0.1) is 17.3 Å². The van der Waals surface area contributed by atoms with Gasteiger partial charge in [0.15, 0.2) is 0 Å². The second-order valence-electron chi connectivity index (χ2n) is 6.74. The number of hydrogen-bond donors (Lipinski definition) is 1. The Hall–Kier alpha value is -0.570. The van der Waals surface area contributed by atoms with E-state index < -0.39 is 11.4 Å². The van der Waals surface area contributed by atoms with Crippen LogP contribution in [-0.4, -0.2) is 35.6 Å². The average molecular weight is 255 g/mol. The molecule has 1 aliphatic rings. The number of likely N-dealkylation sites (tertiary alicyclic amines) is 1. The van der Waals surface area contributed by atoms with Crippen LogP contribution in [0.5, 0.6) is 0 Å². The molecule has 1 unspecified atom stereocenters. The summed E-state index contributed by atoms with van der Waals surface area (Å²) in [5, 5.41) is 9.04. The Balaban J connectivity index is 2.14. The lowest BCUT2D eigenvalue weighted by atomic mass is 9.87. The number of carboxylic acids is 1. The predicted octanol–water partition coefficient (Wildman–Crippen LogP) is 3.25. The molecular weight excluding hydrogens is 226 g/mol. The second kappa shape index (κ2) is 6.55. The minimum Gasteiger partial charge on any atom is -0.481 e. The number of carboxylic acid groups (broad SMARTS) is 1. The largest absolute Gasteiger partial charge is 0.481 e. The maximum absolute atomic E-state index is 11.0. The van der Waals surface area contributed by atoms with Gasteiger partial charge in [0, 0.05) is 6.54 Å². The first kappa shape index (κ1) is 15.5. The fourth-order valence-corrected chi connectivity index (χ4v) is 2.62. The molecule has 0 aromatic rings. The molecule has 0 aromatic heterocycles. The monoisotopic (exact) mass is 255 g/mol. The molecule has 1 fully saturated rings. The fourth-order valence-electron chi connectivity index (χ4n) is 2.62. The number of nitrogens with zero attached hydrogens (tertiary/aromatic N) is 1. The van der Waals surface area contributed by atoms with E-state index in [0.29, 0.717) is 0 Å². The Bertz CT molecular complexity index is 274. The van der Waals surface area contributed by atoms with Gasteiger partial charge < -0.3 is 10.0 Å². The van der Waals surface area contributed by atoms with Crippen molar-refractivity contribution < 1.29 is 9.90 Å². The summed E-state index contributed by atoms with van der Waals surface area (Å²) in [7, 11) is 0. The van der Waals surface area contributed by atoms with Crippen molar-refractivity contribution in [3.8, 4) is 0 Å². The molecule has 1 saturated heterocycles. The van der Waals surface area contributed by atoms with Gasteiger partial charge >= 0.3 is 5.97 Å². The summed E-state index contributed by atoms with van der Waals surface area (Å²) in [6.07, 6.45) is 4.26. The zero-order chi connectivity index (χ0) is 13.8. The van der Waals surface area contributed by atoms with Gasteiger partial charge in [-0.05, 0) is 58.0 Å². The molecule has 0 spiro atoms. The number of unbranched alkanes of at least 4 members (excludes halogenated alkanes) is 1. The lowest BCUT2D eigenvalue weighted by Crippen LogP contribution is -2.25. The quantitative estimate of drug-likeness (QED) is 0.710. The highest BCUT2D eigenvalue weighted by Gasteiger charge is 2.27. The molecule has 3 heteroatoms. The first-order chi connectivity index (χ1) is 8.33. The number of carbonyl (C=O) groups is 1. The summed E-state index contributed by atoms with van der Waals surface area (Å²) in [6.45, 7) is 11.9. The van der Waals surface area contributed by atoms with Crippen molar-refractivity contribution in [2.45, 2.75) is 53.4 Å². The summed E-state index contributed by atoms with van der Waals surface area (Å²) < 4.78 is 0. The normalized spacial score (nSPS) is 21.7. The Labute approximate surface area is 112 Å². The van der Waals surface area contributed by atoms with Gasteiger partial charge in [0.1, 0.15) is 0 Å². The van der Waals surface area contributed by atoms with Crippen molar-refractivity contribution in [3.05, 3.63) is 0 Å². The van der Waals surface area contributed by atoms with Crippen LogP contribution in [0.4, 0.5) is 0 Å². The lowest BCUT2D eigenvalue weighted by molar-refractivity contribution is -0.147. The summed E-state index contributed by atoms with van der Waals surface area (Å²) in [5.74, 6) is 0.977. The molecule has 0 bridgehead atoms. The standard InChI is InChI=1S/C15H29NO2/c1-12(2)13-7-10-16(11-13)9-6-5-8-15(3,4)14(17)18/h12-13H,5-11H2,1-4H3,(H,17,18). The van der Waals surface area contributed by atoms with Crippen molar-refractivity contribution in [1.82, 2.24) is 4.90 Å².